The van der Waals surface area contributed by atoms with E-state index in [9.17, 15) is 22.8 Å². The number of hydrogen-bond donors (Lipinski definition) is 2. The lowest BCUT2D eigenvalue weighted by molar-refractivity contribution is -0.123. The highest BCUT2D eigenvalue weighted by atomic mass is 32.2. The minimum atomic E-state index is -3.42. The third-order valence-corrected chi connectivity index (χ3v) is 5.67. The largest absolute Gasteiger partial charge is 0.452 e. The van der Waals surface area contributed by atoms with Crippen molar-refractivity contribution in [3.63, 3.8) is 0 Å². The molecule has 0 fully saturated rings. The van der Waals surface area contributed by atoms with Crippen LogP contribution in [0, 0.1) is 0 Å². The van der Waals surface area contributed by atoms with Gasteiger partial charge < -0.3 is 10.1 Å². The number of nitrogens with zero attached hydrogens (tertiary/aromatic N) is 1. The molecule has 1 heterocycles. The van der Waals surface area contributed by atoms with Gasteiger partial charge in [-0.05, 0) is 50.5 Å². The summed E-state index contributed by atoms with van der Waals surface area (Å²) in [7, 11) is -3.42. The van der Waals surface area contributed by atoms with Crippen LogP contribution < -0.4 is 14.9 Å². The van der Waals surface area contributed by atoms with Crippen LogP contribution in [0.25, 0.3) is 0 Å². The first-order valence-electron chi connectivity index (χ1n) is 8.92. The number of imide groups is 1. The zero-order chi connectivity index (χ0) is 21.1. The lowest BCUT2D eigenvalue weighted by Gasteiger charge is -2.21. The molecule has 9 nitrogen and oxygen atoms in total. The van der Waals surface area contributed by atoms with Gasteiger partial charge in [-0.15, -0.1) is 0 Å². The van der Waals surface area contributed by atoms with E-state index in [1.165, 1.54) is 10.4 Å². The number of fused-ring (bicyclic) bond motifs is 1. The Labute approximate surface area is 164 Å². The van der Waals surface area contributed by atoms with Crippen molar-refractivity contribution in [3.05, 3.63) is 29.3 Å². The maximum Gasteiger partial charge on any atom is 0.338 e. The summed E-state index contributed by atoms with van der Waals surface area (Å²) in [4.78, 5) is 35.5. The second-order valence-electron chi connectivity index (χ2n) is 6.86. The van der Waals surface area contributed by atoms with Gasteiger partial charge in [-0.3, -0.25) is 14.4 Å². The number of carbonyl (C=O) groups is 3. The summed E-state index contributed by atoms with van der Waals surface area (Å²) in [5.41, 5.74) is 1.45. The van der Waals surface area contributed by atoms with Crippen molar-refractivity contribution in [2.24, 2.45) is 0 Å². The van der Waals surface area contributed by atoms with Gasteiger partial charge in [0.2, 0.25) is 10.0 Å². The molecule has 0 aromatic heterocycles. The Bertz CT molecular complexity index is 883. The van der Waals surface area contributed by atoms with Crippen LogP contribution in [-0.4, -0.2) is 51.3 Å². The number of hydrogen-bond acceptors (Lipinski definition) is 6. The van der Waals surface area contributed by atoms with Gasteiger partial charge in [0.05, 0.1) is 17.5 Å². The van der Waals surface area contributed by atoms with Crippen LogP contribution in [0.15, 0.2) is 18.2 Å². The first-order chi connectivity index (χ1) is 13.0. The van der Waals surface area contributed by atoms with Gasteiger partial charge in [0.25, 0.3) is 5.91 Å². The molecule has 0 aliphatic carbocycles. The van der Waals surface area contributed by atoms with Crippen LogP contribution in [0.3, 0.4) is 0 Å². The average molecular weight is 411 g/mol. The fourth-order valence-corrected chi connectivity index (χ4v) is 4.24. The van der Waals surface area contributed by atoms with Gasteiger partial charge in [0.15, 0.2) is 6.61 Å². The third kappa shape index (κ3) is 5.22. The first kappa shape index (κ1) is 21.7. The molecule has 0 bridgehead atoms. The fraction of sp³-hybridized carbons (Fsp3) is 0.500. The van der Waals surface area contributed by atoms with Crippen molar-refractivity contribution in [2.75, 3.05) is 17.2 Å². The molecule has 0 unspecified atom stereocenters. The van der Waals surface area contributed by atoms with Crippen molar-refractivity contribution in [1.29, 1.82) is 0 Å². The van der Waals surface area contributed by atoms with Crippen LogP contribution in [0.5, 0.6) is 0 Å². The fourth-order valence-electron chi connectivity index (χ4n) is 2.97. The highest BCUT2D eigenvalue weighted by Gasteiger charge is 2.33. The van der Waals surface area contributed by atoms with Gasteiger partial charge in [-0.2, -0.15) is 0 Å². The molecule has 1 aliphatic rings. The van der Waals surface area contributed by atoms with Gasteiger partial charge in [-0.1, -0.05) is 6.92 Å². The Hall–Kier alpha value is -2.62. The molecule has 2 N–H and O–H groups in total. The molecule has 28 heavy (non-hydrogen) atoms. The zero-order valence-electron chi connectivity index (χ0n) is 16.3. The molecule has 0 saturated carbocycles. The number of benzene rings is 1. The molecule has 1 aromatic rings. The standard InChI is InChI=1S/C18H25N3O6S/c1-5-11(2)19-18(24)20-16(22)10-27-17(23)13-6-7-15-14(9-13)8-12(3)21(15)28(4,25)26/h6-7,9,11-12H,5,8,10H2,1-4H3,(H2,19,20,22,24)/t11-,12+/m1/s1. The topological polar surface area (TPSA) is 122 Å². The number of nitrogens with one attached hydrogen (secondary N) is 2. The summed E-state index contributed by atoms with van der Waals surface area (Å²) < 4.78 is 30.1. The van der Waals surface area contributed by atoms with E-state index < -0.39 is 34.5 Å². The van der Waals surface area contributed by atoms with Crippen LogP contribution in [0.4, 0.5) is 10.5 Å². The molecule has 10 heteroatoms. The minimum Gasteiger partial charge on any atom is -0.452 e. The average Bonchev–Trinajstić information content (AvgIpc) is 2.94. The molecule has 154 valence electrons. The van der Waals surface area contributed by atoms with Gasteiger partial charge in [0, 0.05) is 12.1 Å². The predicted octanol–water partition coefficient (Wildman–Crippen LogP) is 1.18. The van der Waals surface area contributed by atoms with Gasteiger partial charge in [0.1, 0.15) is 0 Å². The molecule has 2 rings (SSSR count). The van der Waals surface area contributed by atoms with E-state index in [4.69, 9.17) is 4.74 Å². The lowest BCUT2D eigenvalue weighted by atomic mass is 10.1. The monoisotopic (exact) mass is 411 g/mol. The Balaban J connectivity index is 1.97. The lowest BCUT2D eigenvalue weighted by Crippen LogP contribution is -2.44. The van der Waals surface area contributed by atoms with Crippen molar-refractivity contribution >= 4 is 33.6 Å². The number of urea groups is 1. The highest BCUT2D eigenvalue weighted by molar-refractivity contribution is 7.92. The van der Waals surface area contributed by atoms with Crippen molar-refractivity contribution in [2.45, 2.75) is 45.7 Å². The maximum absolute atomic E-state index is 12.2. The van der Waals surface area contributed by atoms with E-state index in [0.717, 1.165) is 6.26 Å². The Morgan fingerprint density at radius 3 is 2.61 bits per heavy atom. The van der Waals surface area contributed by atoms with Gasteiger partial charge in [-0.25, -0.2) is 18.0 Å². The number of rotatable bonds is 6. The molecule has 0 radical (unpaired) electrons. The minimum absolute atomic E-state index is 0.0874. The Morgan fingerprint density at radius 2 is 2.00 bits per heavy atom. The molecule has 2 atom stereocenters. The van der Waals surface area contributed by atoms with E-state index in [1.54, 1.807) is 26.0 Å². The first-order valence-corrected chi connectivity index (χ1v) is 10.8. The van der Waals surface area contributed by atoms with Crippen LogP contribution in [0.1, 0.15) is 43.1 Å². The summed E-state index contributed by atoms with van der Waals surface area (Å²) in [6.45, 7) is 4.87. The molecular weight excluding hydrogens is 386 g/mol. The molecule has 1 aromatic carbocycles. The number of ether oxygens (including phenoxy) is 1. The van der Waals surface area contributed by atoms with Crippen LogP contribution in [-0.2, 0) is 26.0 Å². The highest BCUT2D eigenvalue weighted by Crippen LogP contribution is 2.34. The number of amides is 3. The quantitative estimate of drug-likeness (QED) is 0.678. The zero-order valence-corrected chi connectivity index (χ0v) is 17.1. The summed E-state index contributed by atoms with van der Waals surface area (Å²) in [6, 6.07) is 3.58. The number of carbonyl (C=O) groups excluding carboxylic acids is 3. The van der Waals surface area contributed by atoms with Gasteiger partial charge >= 0.3 is 12.0 Å². The SMILES string of the molecule is CC[C@@H](C)NC(=O)NC(=O)COC(=O)c1ccc2c(c1)C[C@H](C)N2S(C)(=O)=O. The predicted molar refractivity (Wildman–Crippen MR) is 104 cm³/mol. The smallest absolute Gasteiger partial charge is 0.338 e. The Kier molecular flexibility index (Phi) is 6.65. The number of anilines is 1. The molecule has 1 aliphatic heterocycles. The molecule has 3 amide bonds. The Morgan fingerprint density at radius 1 is 1.32 bits per heavy atom. The number of esters is 1. The molecule has 0 saturated heterocycles. The number of sulfonamides is 1. The van der Waals surface area contributed by atoms with Crippen LogP contribution >= 0.6 is 0 Å². The van der Waals surface area contributed by atoms with E-state index in [1.807, 2.05) is 6.92 Å². The van der Waals surface area contributed by atoms with E-state index in [0.29, 0.717) is 24.1 Å². The molecular formula is C18H25N3O6S. The maximum atomic E-state index is 12.2. The second kappa shape index (κ2) is 8.59. The summed E-state index contributed by atoms with van der Waals surface area (Å²) >= 11 is 0. The van der Waals surface area contributed by atoms with E-state index in [2.05, 4.69) is 10.6 Å². The molecule has 0 spiro atoms. The third-order valence-electron chi connectivity index (χ3n) is 4.40. The second-order valence-corrected chi connectivity index (χ2v) is 8.72. The van der Waals surface area contributed by atoms with E-state index in [-0.39, 0.29) is 17.6 Å². The summed E-state index contributed by atoms with van der Waals surface area (Å²) in [6.07, 6.45) is 2.32. The van der Waals surface area contributed by atoms with Crippen molar-refractivity contribution < 1.29 is 27.5 Å². The normalized spacial score (nSPS) is 16.9. The van der Waals surface area contributed by atoms with E-state index >= 15 is 0 Å². The van der Waals surface area contributed by atoms with Crippen LogP contribution in [0.2, 0.25) is 0 Å². The summed E-state index contributed by atoms with van der Waals surface area (Å²) in [5, 5.41) is 4.65. The van der Waals surface area contributed by atoms with Crippen molar-refractivity contribution in [3.8, 4) is 0 Å². The van der Waals surface area contributed by atoms with Crippen molar-refractivity contribution in [1.82, 2.24) is 10.6 Å². The summed E-state index contributed by atoms with van der Waals surface area (Å²) in [5.74, 6) is -1.47.